The highest BCUT2D eigenvalue weighted by molar-refractivity contribution is 5.81. The van der Waals surface area contributed by atoms with Crippen molar-refractivity contribution in [3.8, 4) is 0 Å². The Bertz CT molecular complexity index is 482. The average molecular weight is 201 g/mol. The first-order chi connectivity index (χ1) is 7.33. The van der Waals surface area contributed by atoms with Crippen LogP contribution >= 0.6 is 0 Å². The molecule has 0 aliphatic heterocycles. The lowest BCUT2D eigenvalue weighted by molar-refractivity contribution is 0.601. The van der Waals surface area contributed by atoms with Gasteiger partial charge in [0.2, 0.25) is 0 Å². The standard InChI is InChI=1S/C13H15NO/c1-9-2-5-12-10(7-14-11-3-4-11)8-15-13(12)6-9/h2,5-6,8,11,14H,3-4,7H2,1H3. The van der Waals surface area contributed by atoms with E-state index >= 15 is 0 Å². The molecule has 1 aromatic heterocycles. The molecule has 1 fully saturated rings. The molecule has 78 valence electrons. The largest absolute Gasteiger partial charge is 0.464 e. The molecule has 0 atom stereocenters. The van der Waals surface area contributed by atoms with Gasteiger partial charge in [-0.1, -0.05) is 12.1 Å². The van der Waals surface area contributed by atoms with Crippen LogP contribution in [0.3, 0.4) is 0 Å². The summed E-state index contributed by atoms with van der Waals surface area (Å²) in [5.41, 5.74) is 3.53. The van der Waals surface area contributed by atoms with Crippen LogP contribution in [0.4, 0.5) is 0 Å². The van der Waals surface area contributed by atoms with Gasteiger partial charge >= 0.3 is 0 Å². The van der Waals surface area contributed by atoms with Crippen LogP contribution in [0.25, 0.3) is 11.0 Å². The first kappa shape index (κ1) is 8.98. The van der Waals surface area contributed by atoms with Crippen LogP contribution in [-0.4, -0.2) is 6.04 Å². The zero-order valence-corrected chi connectivity index (χ0v) is 8.92. The minimum absolute atomic E-state index is 0.750. The minimum atomic E-state index is 0.750. The van der Waals surface area contributed by atoms with E-state index in [4.69, 9.17) is 4.42 Å². The highest BCUT2D eigenvalue weighted by Gasteiger charge is 2.20. The zero-order valence-electron chi connectivity index (χ0n) is 8.92. The number of nitrogens with one attached hydrogen (secondary N) is 1. The highest BCUT2D eigenvalue weighted by Crippen LogP contribution is 2.24. The van der Waals surface area contributed by atoms with Crippen molar-refractivity contribution in [1.29, 1.82) is 0 Å². The molecular formula is C13H15NO. The molecule has 2 nitrogen and oxygen atoms in total. The maximum Gasteiger partial charge on any atom is 0.134 e. The van der Waals surface area contributed by atoms with Crippen molar-refractivity contribution in [2.75, 3.05) is 0 Å². The highest BCUT2D eigenvalue weighted by atomic mass is 16.3. The van der Waals surface area contributed by atoms with E-state index in [0.717, 1.165) is 18.2 Å². The number of fused-ring (bicyclic) bond motifs is 1. The third-order valence-electron chi connectivity index (χ3n) is 2.97. The van der Waals surface area contributed by atoms with E-state index in [2.05, 4.69) is 30.4 Å². The van der Waals surface area contributed by atoms with Gasteiger partial charge in [0.25, 0.3) is 0 Å². The van der Waals surface area contributed by atoms with Crippen molar-refractivity contribution in [3.63, 3.8) is 0 Å². The molecule has 2 aromatic rings. The number of rotatable bonds is 3. The van der Waals surface area contributed by atoms with Crippen LogP contribution in [-0.2, 0) is 6.54 Å². The Hall–Kier alpha value is -1.28. The van der Waals surface area contributed by atoms with Crippen LogP contribution in [0, 0.1) is 6.92 Å². The second-order valence-corrected chi connectivity index (χ2v) is 4.42. The molecule has 0 saturated heterocycles. The number of benzene rings is 1. The average Bonchev–Trinajstić information content (AvgIpc) is 2.97. The molecule has 3 rings (SSSR count). The van der Waals surface area contributed by atoms with Gasteiger partial charge in [-0.05, 0) is 31.4 Å². The Kier molecular flexibility index (Phi) is 2.03. The molecule has 0 radical (unpaired) electrons. The van der Waals surface area contributed by atoms with Gasteiger partial charge in [0, 0.05) is 23.5 Å². The SMILES string of the molecule is Cc1ccc2c(CNC3CC3)coc2c1. The number of furan rings is 1. The summed E-state index contributed by atoms with van der Waals surface area (Å²) in [7, 11) is 0. The number of hydrogen-bond donors (Lipinski definition) is 1. The van der Waals surface area contributed by atoms with Crippen LogP contribution in [0.5, 0.6) is 0 Å². The van der Waals surface area contributed by atoms with Crippen molar-refractivity contribution in [2.45, 2.75) is 32.4 Å². The van der Waals surface area contributed by atoms with E-state index in [1.165, 1.54) is 29.4 Å². The zero-order chi connectivity index (χ0) is 10.3. The van der Waals surface area contributed by atoms with E-state index in [9.17, 15) is 0 Å². The molecule has 1 aliphatic rings. The molecule has 0 amide bonds. The first-order valence-corrected chi connectivity index (χ1v) is 5.53. The van der Waals surface area contributed by atoms with Gasteiger partial charge in [0.05, 0.1) is 6.26 Å². The summed E-state index contributed by atoms with van der Waals surface area (Å²) >= 11 is 0. The van der Waals surface area contributed by atoms with Gasteiger partial charge in [-0.15, -0.1) is 0 Å². The van der Waals surface area contributed by atoms with Gasteiger partial charge in [-0.25, -0.2) is 0 Å². The molecular weight excluding hydrogens is 186 g/mol. The van der Waals surface area contributed by atoms with Crippen molar-refractivity contribution < 1.29 is 4.42 Å². The Balaban J connectivity index is 1.89. The number of aryl methyl sites for hydroxylation is 1. The van der Waals surface area contributed by atoms with E-state index in [1.54, 1.807) is 0 Å². The summed E-state index contributed by atoms with van der Waals surface area (Å²) in [5, 5.41) is 4.75. The van der Waals surface area contributed by atoms with Gasteiger partial charge in [-0.2, -0.15) is 0 Å². The third-order valence-corrected chi connectivity index (χ3v) is 2.97. The molecule has 2 heteroatoms. The van der Waals surface area contributed by atoms with Gasteiger partial charge in [0.1, 0.15) is 5.58 Å². The fourth-order valence-corrected chi connectivity index (χ4v) is 1.87. The predicted octanol–water partition coefficient (Wildman–Crippen LogP) is 2.99. The summed E-state index contributed by atoms with van der Waals surface area (Å²) in [5.74, 6) is 0. The normalized spacial score (nSPS) is 16.1. The smallest absolute Gasteiger partial charge is 0.134 e. The Morgan fingerprint density at radius 2 is 2.27 bits per heavy atom. The second-order valence-electron chi connectivity index (χ2n) is 4.42. The lowest BCUT2D eigenvalue weighted by Crippen LogP contribution is -2.14. The van der Waals surface area contributed by atoms with Gasteiger partial charge in [-0.3, -0.25) is 0 Å². The van der Waals surface area contributed by atoms with Crippen molar-refractivity contribution in [3.05, 3.63) is 35.6 Å². The Labute approximate surface area is 89.3 Å². The lowest BCUT2D eigenvalue weighted by atomic mass is 10.1. The summed E-state index contributed by atoms with van der Waals surface area (Å²) in [6, 6.07) is 7.13. The van der Waals surface area contributed by atoms with Crippen molar-refractivity contribution in [1.82, 2.24) is 5.32 Å². The molecule has 1 saturated carbocycles. The van der Waals surface area contributed by atoms with E-state index < -0.39 is 0 Å². The van der Waals surface area contributed by atoms with Crippen molar-refractivity contribution >= 4 is 11.0 Å². The summed E-state index contributed by atoms with van der Waals surface area (Å²) in [6.45, 7) is 3.02. The van der Waals surface area contributed by atoms with Crippen LogP contribution in [0.2, 0.25) is 0 Å². The summed E-state index contributed by atoms with van der Waals surface area (Å²) < 4.78 is 5.54. The Morgan fingerprint density at radius 1 is 1.40 bits per heavy atom. The van der Waals surface area contributed by atoms with Crippen LogP contribution in [0.15, 0.2) is 28.9 Å². The molecule has 1 aliphatic carbocycles. The van der Waals surface area contributed by atoms with Gasteiger partial charge < -0.3 is 9.73 Å². The molecule has 15 heavy (non-hydrogen) atoms. The predicted molar refractivity (Wildman–Crippen MR) is 60.8 cm³/mol. The maximum absolute atomic E-state index is 5.54. The van der Waals surface area contributed by atoms with Crippen molar-refractivity contribution in [2.24, 2.45) is 0 Å². The molecule has 0 spiro atoms. The summed E-state index contributed by atoms with van der Waals surface area (Å²) in [4.78, 5) is 0. The van der Waals surface area contributed by atoms with E-state index in [0.29, 0.717) is 0 Å². The minimum Gasteiger partial charge on any atom is -0.464 e. The molecule has 1 aromatic carbocycles. The van der Waals surface area contributed by atoms with Gasteiger partial charge in [0.15, 0.2) is 0 Å². The maximum atomic E-state index is 5.54. The quantitative estimate of drug-likeness (QED) is 0.825. The Morgan fingerprint density at radius 3 is 3.07 bits per heavy atom. The fraction of sp³-hybridized carbons (Fsp3) is 0.385. The molecule has 0 bridgehead atoms. The first-order valence-electron chi connectivity index (χ1n) is 5.53. The monoisotopic (exact) mass is 201 g/mol. The van der Waals surface area contributed by atoms with Crippen LogP contribution < -0.4 is 5.32 Å². The summed E-state index contributed by atoms with van der Waals surface area (Å²) in [6.07, 6.45) is 4.53. The fourth-order valence-electron chi connectivity index (χ4n) is 1.87. The molecule has 1 N–H and O–H groups in total. The van der Waals surface area contributed by atoms with E-state index in [-0.39, 0.29) is 0 Å². The lowest BCUT2D eigenvalue weighted by Gasteiger charge is -1.99. The van der Waals surface area contributed by atoms with Crippen LogP contribution in [0.1, 0.15) is 24.0 Å². The number of hydrogen-bond acceptors (Lipinski definition) is 2. The van der Waals surface area contributed by atoms with E-state index in [1.807, 2.05) is 6.26 Å². The topological polar surface area (TPSA) is 25.2 Å². The molecule has 0 unspecified atom stereocenters. The second kappa shape index (κ2) is 3.38. The third kappa shape index (κ3) is 1.77. The molecule has 1 heterocycles.